The van der Waals surface area contributed by atoms with Crippen LogP contribution in [0, 0.1) is 0 Å². The smallest absolute Gasteiger partial charge is 0.122 e. The molecule has 0 bridgehead atoms. The standard InChI is InChI=1S/C14H20N2O2/c1-3-12(15)14(13-5-4-7-18-13)16(2)9-11-6-8-17-10-11/h4-8,10,12,14H,3,9,15H2,1-2H3. The van der Waals surface area contributed by atoms with Crippen molar-refractivity contribution >= 4 is 0 Å². The third kappa shape index (κ3) is 2.83. The molecule has 2 N–H and O–H groups in total. The van der Waals surface area contributed by atoms with Gasteiger partial charge in [-0.2, -0.15) is 0 Å². The Kier molecular flexibility index (Phi) is 4.23. The molecule has 0 aliphatic carbocycles. The molecule has 4 heteroatoms. The molecule has 0 saturated heterocycles. The van der Waals surface area contributed by atoms with Gasteiger partial charge in [-0.1, -0.05) is 6.92 Å². The van der Waals surface area contributed by atoms with Gasteiger partial charge in [0.15, 0.2) is 0 Å². The van der Waals surface area contributed by atoms with E-state index < -0.39 is 0 Å². The van der Waals surface area contributed by atoms with Crippen molar-refractivity contribution in [3.63, 3.8) is 0 Å². The van der Waals surface area contributed by atoms with E-state index in [1.165, 1.54) is 0 Å². The molecule has 2 unspecified atom stereocenters. The van der Waals surface area contributed by atoms with Crippen molar-refractivity contribution in [3.05, 3.63) is 48.3 Å². The molecule has 0 aliphatic heterocycles. The van der Waals surface area contributed by atoms with Crippen molar-refractivity contribution < 1.29 is 8.83 Å². The summed E-state index contributed by atoms with van der Waals surface area (Å²) in [6.45, 7) is 2.88. The molecule has 4 nitrogen and oxygen atoms in total. The van der Waals surface area contributed by atoms with Gasteiger partial charge < -0.3 is 14.6 Å². The van der Waals surface area contributed by atoms with Crippen LogP contribution >= 0.6 is 0 Å². The third-order valence-corrected chi connectivity index (χ3v) is 3.20. The van der Waals surface area contributed by atoms with E-state index in [-0.39, 0.29) is 12.1 Å². The number of rotatable bonds is 6. The highest BCUT2D eigenvalue weighted by Crippen LogP contribution is 2.25. The first-order valence-corrected chi connectivity index (χ1v) is 6.22. The van der Waals surface area contributed by atoms with Gasteiger partial charge in [-0.25, -0.2) is 0 Å². The predicted octanol–water partition coefficient (Wildman–Crippen LogP) is 2.78. The highest BCUT2D eigenvalue weighted by atomic mass is 16.3. The maximum absolute atomic E-state index is 6.21. The molecule has 2 aromatic rings. The van der Waals surface area contributed by atoms with E-state index in [2.05, 4.69) is 18.9 Å². The minimum absolute atomic E-state index is 0.0491. The minimum atomic E-state index is 0.0491. The van der Waals surface area contributed by atoms with E-state index in [0.717, 1.165) is 24.3 Å². The van der Waals surface area contributed by atoms with Crippen LogP contribution in [-0.2, 0) is 6.54 Å². The highest BCUT2D eigenvalue weighted by Gasteiger charge is 2.25. The number of hydrogen-bond acceptors (Lipinski definition) is 4. The van der Waals surface area contributed by atoms with Gasteiger partial charge in [0.25, 0.3) is 0 Å². The van der Waals surface area contributed by atoms with E-state index in [9.17, 15) is 0 Å². The van der Waals surface area contributed by atoms with Crippen LogP contribution in [-0.4, -0.2) is 18.0 Å². The summed E-state index contributed by atoms with van der Waals surface area (Å²) >= 11 is 0. The second kappa shape index (κ2) is 5.89. The number of likely N-dealkylation sites (N-methyl/N-ethyl adjacent to an activating group) is 1. The van der Waals surface area contributed by atoms with Crippen LogP contribution in [0.25, 0.3) is 0 Å². The van der Waals surface area contributed by atoms with Gasteiger partial charge in [-0.15, -0.1) is 0 Å². The predicted molar refractivity (Wildman–Crippen MR) is 69.9 cm³/mol. The monoisotopic (exact) mass is 248 g/mol. The van der Waals surface area contributed by atoms with Gasteiger partial charge in [0.2, 0.25) is 0 Å². The summed E-state index contributed by atoms with van der Waals surface area (Å²) in [7, 11) is 2.05. The first kappa shape index (κ1) is 12.9. The van der Waals surface area contributed by atoms with Crippen molar-refractivity contribution in [2.24, 2.45) is 5.73 Å². The number of nitrogens with zero attached hydrogens (tertiary/aromatic N) is 1. The molecule has 2 heterocycles. The van der Waals surface area contributed by atoms with Crippen LogP contribution in [0.5, 0.6) is 0 Å². The van der Waals surface area contributed by atoms with Crippen LogP contribution < -0.4 is 5.73 Å². The molecule has 18 heavy (non-hydrogen) atoms. The molecular weight excluding hydrogens is 228 g/mol. The Labute approximate surface area is 107 Å². The van der Waals surface area contributed by atoms with E-state index in [1.807, 2.05) is 18.2 Å². The molecule has 0 aromatic carbocycles. The van der Waals surface area contributed by atoms with Crippen LogP contribution in [0.15, 0.2) is 45.8 Å². The SMILES string of the molecule is CCC(N)C(c1ccco1)N(C)Cc1ccoc1. The summed E-state index contributed by atoms with van der Waals surface area (Å²) in [4.78, 5) is 2.19. The Morgan fingerprint density at radius 1 is 1.33 bits per heavy atom. The van der Waals surface area contributed by atoms with Gasteiger partial charge in [0.05, 0.1) is 24.8 Å². The van der Waals surface area contributed by atoms with E-state index in [0.29, 0.717) is 0 Å². The molecule has 0 saturated carbocycles. The average Bonchev–Trinajstić information content (AvgIpc) is 3.02. The zero-order valence-corrected chi connectivity index (χ0v) is 10.9. The lowest BCUT2D eigenvalue weighted by Crippen LogP contribution is -2.38. The molecule has 0 amide bonds. The molecule has 0 fully saturated rings. The summed E-state index contributed by atoms with van der Waals surface area (Å²) in [6.07, 6.45) is 6.04. The average molecular weight is 248 g/mol. The Hall–Kier alpha value is -1.52. The van der Waals surface area contributed by atoms with Crippen molar-refractivity contribution in [3.8, 4) is 0 Å². The van der Waals surface area contributed by atoms with Crippen LogP contribution in [0.1, 0.15) is 30.7 Å². The normalized spacial score (nSPS) is 14.9. The van der Waals surface area contributed by atoms with Crippen LogP contribution in [0.3, 0.4) is 0 Å². The molecular formula is C14H20N2O2. The number of nitrogens with two attached hydrogens (primary N) is 1. The molecule has 2 atom stereocenters. The number of hydrogen-bond donors (Lipinski definition) is 1. The van der Waals surface area contributed by atoms with E-state index in [1.54, 1.807) is 18.8 Å². The van der Waals surface area contributed by atoms with Crippen molar-refractivity contribution in [1.29, 1.82) is 0 Å². The highest BCUT2D eigenvalue weighted by molar-refractivity contribution is 5.10. The summed E-state index contributed by atoms with van der Waals surface area (Å²) in [5.74, 6) is 0.912. The molecule has 2 rings (SSSR count). The first-order valence-electron chi connectivity index (χ1n) is 6.22. The first-order chi connectivity index (χ1) is 8.72. The van der Waals surface area contributed by atoms with Crippen molar-refractivity contribution in [1.82, 2.24) is 4.90 Å². The second-order valence-corrected chi connectivity index (χ2v) is 4.58. The Morgan fingerprint density at radius 3 is 2.72 bits per heavy atom. The zero-order chi connectivity index (χ0) is 13.0. The maximum atomic E-state index is 6.21. The van der Waals surface area contributed by atoms with Gasteiger partial charge in [0, 0.05) is 18.2 Å². The lowest BCUT2D eigenvalue weighted by Gasteiger charge is -2.30. The largest absolute Gasteiger partial charge is 0.472 e. The lowest BCUT2D eigenvalue weighted by atomic mass is 10.0. The quantitative estimate of drug-likeness (QED) is 0.854. The Bertz CT molecular complexity index is 436. The summed E-state index contributed by atoms with van der Waals surface area (Å²) < 4.78 is 10.6. The lowest BCUT2D eigenvalue weighted by molar-refractivity contribution is 0.175. The van der Waals surface area contributed by atoms with Crippen molar-refractivity contribution in [2.75, 3.05) is 7.05 Å². The maximum Gasteiger partial charge on any atom is 0.122 e. The van der Waals surface area contributed by atoms with Gasteiger partial charge in [0.1, 0.15) is 5.76 Å². The molecule has 0 spiro atoms. The summed E-state index contributed by atoms with van der Waals surface area (Å²) in [5.41, 5.74) is 7.35. The molecule has 0 aliphatic rings. The Morgan fingerprint density at radius 2 is 2.17 bits per heavy atom. The topological polar surface area (TPSA) is 55.5 Å². The second-order valence-electron chi connectivity index (χ2n) is 4.58. The number of furan rings is 2. The molecule has 2 aromatic heterocycles. The van der Waals surface area contributed by atoms with Crippen LogP contribution in [0.4, 0.5) is 0 Å². The van der Waals surface area contributed by atoms with Gasteiger partial charge >= 0.3 is 0 Å². The fraction of sp³-hybridized carbons (Fsp3) is 0.429. The van der Waals surface area contributed by atoms with E-state index >= 15 is 0 Å². The fourth-order valence-electron chi connectivity index (χ4n) is 2.21. The summed E-state index contributed by atoms with van der Waals surface area (Å²) in [5, 5.41) is 0. The van der Waals surface area contributed by atoms with E-state index in [4.69, 9.17) is 14.6 Å². The van der Waals surface area contributed by atoms with Gasteiger partial charge in [-0.05, 0) is 31.7 Å². The molecule has 98 valence electrons. The summed E-state index contributed by atoms with van der Waals surface area (Å²) in [6, 6.07) is 5.98. The van der Waals surface area contributed by atoms with Gasteiger partial charge in [-0.3, -0.25) is 4.90 Å². The minimum Gasteiger partial charge on any atom is -0.472 e. The van der Waals surface area contributed by atoms with Crippen molar-refractivity contribution in [2.45, 2.75) is 32.0 Å². The molecule has 0 radical (unpaired) electrons. The third-order valence-electron chi connectivity index (χ3n) is 3.20. The van der Waals surface area contributed by atoms with Crippen LogP contribution in [0.2, 0.25) is 0 Å². The fourth-order valence-corrected chi connectivity index (χ4v) is 2.21. The Balaban J connectivity index is 2.13. The zero-order valence-electron chi connectivity index (χ0n) is 10.9.